The zero-order valence-corrected chi connectivity index (χ0v) is 18.5. The molecular formula is C27H31N3O2. The van der Waals surface area contributed by atoms with Crippen LogP contribution in [0.25, 0.3) is 12.2 Å². The SMILES string of the molecule is C=C(/C=C/c1ccc(C(=O)NO)cc1)N1CC(CNC2CC2c2ccc(/C=C/C)cc2)C1. The van der Waals surface area contributed by atoms with E-state index in [4.69, 9.17) is 5.21 Å². The molecule has 3 N–H and O–H groups in total. The first-order chi connectivity index (χ1) is 15.6. The predicted octanol–water partition coefficient (Wildman–Crippen LogP) is 4.44. The van der Waals surface area contributed by atoms with Crippen molar-refractivity contribution in [2.45, 2.75) is 25.3 Å². The monoisotopic (exact) mass is 429 g/mol. The Labute approximate surface area is 190 Å². The molecule has 2 aromatic carbocycles. The maximum Gasteiger partial charge on any atom is 0.274 e. The summed E-state index contributed by atoms with van der Waals surface area (Å²) >= 11 is 0. The predicted molar refractivity (Wildman–Crippen MR) is 129 cm³/mol. The molecule has 5 nitrogen and oxygen atoms in total. The van der Waals surface area contributed by atoms with Gasteiger partial charge in [-0.1, -0.05) is 61.2 Å². The minimum absolute atomic E-state index is 0.421. The van der Waals surface area contributed by atoms with Gasteiger partial charge in [-0.25, -0.2) is 5.48 Å². The van der Waals surface area contributed by atoms with E-state index in [9.17, 15) is 4.79 Å². The molecule has 1 amide bonds. The number of hydroxylamine groups is 1. The zero-order valence-electron chi connectivity index (χ0n) is 18.5. The van der Waals surface area contributed by atoms with Gasteiger partial charge in [0.25, 0.3) is 5.91 Å². The molecule has 1 heterocycles. The van der Waals surface area contributed by atoms with Crippen molar-refractivity contribution >= 4 is 18.1 Å². The van der Waals surface area contributed by atoms with Crippen LogP contribution in [0.5, 0.6) is 0 Å². The van der Waals surface area contributed by atoms with E-state index in [0.717, 1.165) is 30.9 Å². The number of nitrogens with one attached hydrogen (secondary N) is 2. The molecule has 2 aromatic rings. The fourth-order valence-electron chi connectivity index (χ4n) is 4.20. The summed E-state index contributed by atoms with van der Waals surface area (Å²) in [5.74, 6) is 0.804. The van der Waals surface area contributed by atoms with Crippen LogP contribution in [0.1, 0.15) is 46.3 Å². The van der Waals surface area contributed by atoms with E-state index in [1.807, 2.05) is 31.2 Å². The van der Waals surface area contributed by atoms with Crippen molar-refractivity contribution in [3.63, 3.8) is 0 Å². The molecule has 166 valence electrons. The number of carbonyl (C=O) groups is 1. The van der Waals surface area contributed by atoms with E-state index in [2.05, 4.69) is 53.2 Å². The molecule has 1 aliphatic carbocycles. The molecular weight excluding hydrogens is 398 g/mol. The molecule has 2 fully saturated rings. The van der Waals surface area contributed by atoms with Crippen molar-refractivity contribution in [1.29, 1.82) is 0 Å². The molecule has 0 radical (unpaired) electrons. The van der Waals surface area contributed by atoms with Gasteiger partial charge in [-0.05, 0) is 48.2 Å². The normalized spacial score (nSPS) is 20.5. The number of hydrogen-bond acceptors (Lipinski definition) is 4. The summed E-state index contributed by atoms with van der Waals surface area (Å²) < 4.78 is 0. The topological polar surface area (TPSA) is 64.6 Å². The van der Waals surface area contributed by atoms with Crippen molar-refractivity contribution in [3.8, 4) is 0 Å². The van der Waals surface area contributed by atoms with Gasteiger partial charge in [0.2, 0.25) is 0 Å². The Balaban J connectivity index is 1.16. The number of nitrogens with zero attached hydrogens (tertiary/aromatic N) is 1. The van der Waals surface area contributed by atoms with Gasteiger partial charge < -0.3 is 10.2 Å². The maximum absolute atomic E-state index is 11.4. The fraction of sp³-hybridized carbons (Fsp3) is 0.296. The van der Waals surface area contributed by atoms with E-state index >= 15 is 0 Å². The Morgan fingerprint density at radius 2 is 1.75 bits per heavy atom. The highest BCUT2D eigenvalue weighted by Gasteiger charge is 2.39. The van der Waals surface area contributed by atoms with Gasteiger partial charge in [0.1, 0.15) is 0 Å². The summed E-state index contributed by atoms with van der Waals surface area (Å²) in [6.45, 7) is 9.34. The van der Waals surface area contributed by atoms with E-state index in [1.54, 1.807) is 17.6 Å². The zero-order chi connectivity index (χ0) is 22.5. The summed E-state index contributed by atoms with van der Waals surface area (Å²) in [5.41, 5.74) is 6.75. The average molecular weight is 430 g/mol. The number of rotatable bonds is 9. The van der Waals surface area contributed by atoms with Crippen LogP contribution in [0.4, 0.5) is 0 Å². The number of hydrogen-bond donors (Lipinski definition) is 3. The summed E-state index contributed by atoms with van der Waals surface area (Å²) in [6, 6.07) is 16.6. The lowest BCUT2D eigenvalue weighted by atomic mass is 9.99. The Kier molecular flexibility index (Phi) is 6.88. The number of allylic oxidation sites excluding steroid dienone is 2. The number of carbonyl (C=O) groups excluding carboxylic acids is 1. The van der Waals surface area contributed by atoms with Crippen LogP contribution in [0, 0.1) is 5.92 Å². The third-order valence-electron chi connectivity index (χ3n) is 6.29. The van der Waals surface area contributed by atoms with Gasteiger partial charge in [0, 0.05) is 48.8 Å². The van der Waals surface area contributed by atoms with Gasteiger partial charge in [0.05, 0.1) is 0 Å². The van der Waals surface area contributed by atoms with Crippen LogP contribution in [-0.2, 0) is 0 Å². The second kappa shape index (κ2) is 9.98. The Hall–Kier alpha value is -3.15. The van der Waals surface area contributed by atoms with Gasteiger partial charge in [-0.2, -0.15) is 0 Å². The van der Waals surface area contributed by atoms with Crippen molar-refractivity contribution in [1.82, 2.24) is 15.7 Å². The van der Waals surface area contributed by atoms with E-state index in [1.165, 1.54) is 17.5 Å². The van der Waals surface area contributed by atoms with Crippen molar-refractivity contribution in [2.75, 3.05) is 19.6 Å². The van der Waals surface area contributed by atoms with Crippen LogP contribution in [-0.4, -0.2) is 41.7 Å². The number of amides is 1. The van der Waals surface area contributed by atoms with Crippen LogP contribution in [0.2, 0.25) is 0 Å². The number of likely N-dealkylation sites (tertiary alicyclic amines) is 1. The molecule has 2 aliphatic rings. The van der Waals surface area contributed by atoms with Crippen LogP contribution in [0.15, 0.2) is 73.0 Å². The molecule has 1 saturated heterocycles. The molecule has 2 atom stereocenters. The molecule has 5 heteroatoms. The van der Waals surface area contributed by atoms with Gasteiger partial charge >= 0.3 is 0 Å². The van der Waals surface area contributed by atoms with Crippen LogP contribution in [0.3, 0.4) is 0 Å². The standard InChI is InChI=1S/C27H31N3O2/c1-3-4-20-7-11-23(12-8-20)25-15-26(25)28-16-22-17-30(18-22)19(2)5-6-21-9-13-24(14-10-21)27(31)29-32/h3-14,22,25-26,28,32H,2,15-18H2,1H3,(H,29,31)/b4-3+,6-5+. The van der Waals surface area contributed by atoms with Gasteiger partial charge in [-0.3, -0.25) is 10.0 Å². The Morgan fingerprint density at radius 1 is 1.09 bits per heavy atom. The van der Waals surface area contributed by atoms with Crippen molar-refractivity contribution < 1.29 is 10.0 Å². The molecule has 32 heavy (non-hydrogen) atoms. The lowest BCUT2D eigenvalue weighted by Crippen LogP contribution is -2.49. The lowest BCUT2D eigenvalue weighted by molar-refractivity contribution is 0.0706. The van der Waals surface area contributed by atoms with Gasteiger partial charge in [-0.15, -0.1) is 0 Å². The Bertz CT molecular complexity index is 1000. The van der Waals surface area contributed by atoms with Crippen LogP contribution >= 0.6 is 0 Å². The second-order valence-electron chi connectivity index (χ2n) is 8.68. The highest BCUT2D eigenvalue weighted by Crippen LogP contribution is 2.41. The third kappa shape index (κ3) is 5.36. The molecule has 0 aromatic heterocycles. The highest BCUT2D eigenvalue weighted by atomic mass is 16.5. The first-order valence-corrected chi connectivity index (χ1v) is 11.2. The lowest BCUT2D eigenvalue weighted by Gasteiger charge is -2.41. The van der Waals surface area contributed by atoms with E-state index in [0.29, 0.717) is 23.4 Å². The smallest absolute Gasteiger partial charge is 0.274 e. The quantitative estimate of drug-likeness (QED) is 0.313. The fourth-order valence-corrected chi connectivity index (χ4v) is 4.20. The Morgan fingerprint density at radius 3 is 2.41 bits per heavy atom. The summed E-state index contributed by atoms with van der Waals surface area (Å²) in [7, 11) is 0. The highest BCUT2D eigenvalue weighted by molar-refractivity contribution is 5.93. The maximum atomic E-state index is 11.4. The average Bonchev–Trinajstić information content (AvgIpc) is 3.57. The summed E-state index contributed by atoms with van der Waals surface area (Å²) in [4.78, 5) is 13.7. The van der Waals surface area contributed by atoms with Crippen molar-refractivity contribution in [3.05, 3.63) is 95.2 Å². The third-order valence-corrected chi connectivity index (χ3v) is 6.29. The molecule has 1 saturated carbocycles. The van der Waals surface area contributed by atoms with E-state index in [-0.39, 0.29) is 0 Å². The van der Waals surface area contributed by atoms with E-state index < -0.39 is 5.91 Å². The number of benzene rings is 2. The van der Waals surface area contributed by atoms with Crippen molar-refractivity contribution in [2.24, 2.45) is 5.92 Å². The minimum Gasteiger partial charge on any atom is -0.371 e. The minimum atomic E-state index is -0.509. The molecule has 0 bridgehead atoms. The molecule has 0 spiro atoms. The first-order valence-electron chi connectivity index (χ1n) is 11.2. The second-order valence-corrected chi connectivity index (χ2v) is 8.68. The first kappa shape index (κ1) is 22.1. The largest absolute Gasteiger partial charge is 0.371 e. The van der Waals surface area contributed by atoms with Gasteiger partial charge in [0.15, 0.2) is 0 Å². The summed E-state index contributed by atoms with van der Waals surface area (Å²) in [6.07, 6.45) is 9.44. The van der Waals surface area contributed by atoms with Crippen LogP contribution < -0.4 is 10.8 Å². The molecule has 4 rings (SSSR count). The summed E-state index contributed by atoms with van der Waals surface area (Å²) in [5, 5.41) is 12.4. The molecule has 1 aliphatic heterocycles. The molecule has 2 unspecified atom stereocenters.